The number of carbonyl (C=O) groups excluding carboxylic acids is 3. The van der Waals surface area contributed by atoms with E-state index in [0.717, 1.165) is 10.0 Å². The van der Waals surface area contributed by atoms with Gasteiger partial charge in [-0.1, -0.05) is 44.2 Å². The molecule has 0 saturated carbocycles. The number of carboxylic acids is 1. The molecule has 2 unspecified atom stereocenters. The molecular formula is C30H37N3O9. The minimum absolute atomic E-state index is 0.0530. The quantitative estimate of drug-likeness (QED) is 0.407. The summed E-state index contributed by atoms with van der Waals surface area (Å²) in [5.74, 6) is -3.02. The van der Waals surface area contributed by atoms with Gasteiger partial charge >= 0.3 is 5.97 Å². The first kappa shape index (κ1) is 31.9. The summed E-state index contributed by atoms with van der Waals surface area (Å²) in [7, 11) is 4.26. The number of hydrogen-bond donors (Lipinski definition) is 2. The highest BCUT2D eigenvalue weighted by Crippen LogP contribution is 2.42. The second-order valence-electron chi connectivity index (χ2n) is 10.1. The number of aliphatic hydroxyl groups excluding tert-OH is 1. The molecule has 226 valence electrons. The van der Waals surface area contributed by atoms with E-state index in [-0.39, 0.29) is 29.4 Å². The average Bonchev–Trinajstić information content (AvgIpc) is 2.95. The van der Waals surface area contributed by atoms with E-state index in [1.807, 2.05) is 0 Å². The van der Waals surface area contributed by atoms with Crippen LogP contribution in [0.15, 0.2) is 48.7 Å². The Balaban J connectivity index is 2.37. The Hall–Kier alpha value is -4.58. The molecule has 1 heterocycles. The van der Waals surface area contributed by atoms with Crippen molar-refractivity contribution in [1.82, 2.24) is 14.9 Å². The Bertz CT molecular complexity index is 1330. The number of hydrogen-bond acceptors (Lipinski definition) is 8. The summed E-state index contributed by atoms with van der Waals surface area (Å²) >= 11 is 0. The number of amides is 3. The summed E-state index contributed by atoms with van der Waals surface area (Å²) in [6.45, 7) is 5.99. The van der Waals surface area contributed by atoms with Gasteiger partial charge in [0.05, 0.1) is 33.1 Å². The molecule has 12 heteroatoms. The first-order chi connectivity index (χ1) is 19.9. The Morgan fingerprint density at radius 1 is 0.976 bits per heavy atom. The lowest BCUT2D eigenvalue weighted by Gasteiger charge is -2.47. The number of nitrogens with zero attached hydrogens (tertiary/aromatic N) is 3. The van der Waals surface area contributed by atoms with Crippen LogP contribution in [0.1, 0.15) is 38.8 Å². The molecule has 0 saturated heterocycles. The number of ether oxygens (including phenoxy) is 3. The van der Waals surface area contributed by atoms with Crippen LogP contribution in [0.25, 0.3) is 5.70 Å². The molecule has 0 fully saturated rings. The molecule has 0 aliphatic carbocycles. The van der Waals surface area contributed by atoms with Crippen molar-refractivity contribution in [3.05, 3.63) is 59.8 Å². The van der Waals surface area contributed by atoms with Gasteiger partial charge in [0.15, 0.2) is 17.6 Å². The molecule has 3 amide bonds. The SMILES string of the molecule is COc1cc(C2=CN(C(C)=O)C(C(C)C)C(=O)N2N(C(C)=O)[C@@H](Cc2ccccc2)C(O)C(=O)O)cc(OC)c1OC. The van der Waals surface area contributed by atoms with E-state index in [2.05, 4.69) is 0 Å². The van der Waals surface area contributed by atoms with Crippen molar-refractivity contribution in [2.45, 2.75) is 52.3 Å². The molecule has 2 aromatic carbocycles. The first-order valence-corrected chi connectivity index (χ1v) is 13.3. The van der Waals surface area contributed by atoms with Crippen LogP contribution in [0.2, 0.25) is 0 Å². The summed E-state index contributed by atoms with van der Waals surface area (Å²) in [6.07, 6.45) is -0.729. The van der Waals surface area contributed by atoms with Gasteiger partial charge in [0.2, 0.25) is 17.6 Å². The van der Waals surface area contributed by atoms with Crippen LogP contribution in [-0.2, 0) is 25.6 Å². The van der Waals surface area contributed by atoms with E-state index < -0.39 is 47.8 Å². The Labute approximate surface area is 244 Å². The van der Waals surface area contributed by atoms with Crippen molar-refractivity contribution in [2.75, 3.05) is 21.3 Å². The molecule has 0 spiro atoms. The van der Waals surface area contributed by atoms with Crippen LogP contribution in [0.4, 0.5) is 0 Å². The fraction of sp³-hybridized carbons (Fsp3) is 0.400. The van der Waals surface area contributed by atoms with Crippen molar-refractivity contribution in [1.29, 1.82) is 0 Å². The zero-order chi connectivity index (χ0) is 31.3. The number of rotatable bonds is 11. The number of methoxy groups -OCH3 is 3. The maximum absolute atomic E-state index is 14.4. The largest absolute Gasteiger partial charge is 0.493 e. The molecule has 1 aliphatic rings. The third-order valence-electron chi connectivity index (χ3n) is 6.96. The number of aliphatic carboxylic acids is 1. The van der Waals surface area contributed by atoms with Crippen LogP contribution in [0.3, 0.4) is 0 Å². The monoisotopic (exact) mass is 583 g/mol. The maximum atomic E-state index is 14.4. The van der Waals surface area contributed by atoms with E-state index in [1.54, 1.807) is 56.3 Å². The van der Waals surface area contributed by atoms with Crippen molar-refractivity contribution in [3.63, 3.8) is 0 Å². The van der Waals surface area contributed by atoms with Crippen molar-refractivity contribution in [2.24, 2.45) is 5.92 Å². The zero-order valence-corrected chi connectivity index (χ0v) is 24.7. The Morgan fingerprint density at radius 3 is 1.98 bits per heavy atom. The van der Waals surface area contributed by atoms with Crippen LogP contribution in [-0.4, -0.2) is 88.3 Å². The number of carboxylic acid groups (broad SMARTS) is 1. The van der Waals surface area contributed by atoms with Gasteiger partial charge in [-0.05, 0) is 30.0 Å². The van der Waals surface area contributed by atoms with Gasteiger partial charge < -0.3 is 29.3 Å². The topological polar surface area (TPSA) is 146 Å². The number of hydrazine groups is 1. The summed E-state index contributed by atoms with van der Waals surface area (Å²) < 4.78 is 16.4. The minimum atomic E-state index is -2.06. The normalized spacial score (nSPS) is 16.5. The summed E-state index contributed by atoms with van der Waals surface area (Å²) in [5.41, 5.74) is 0.973. The smallest absolute Gasteiger partial charge is 0.334 e. The zero-order valence-electron chi connectivity index (χ0n) is 24.7. The molecule has 2 N–H and O–H groups in total. The second kappa shape index (κ2) is 13.4. The van der Waals surface area contributed by atoms with Gasteiger partial charge in [0, 0.05) is 25.6 Å². The van der Waals surface area contributed by atoms with E-state index in [9.17, 15) is 29.4 Å². The standard InChI is InChI=1S/C30H37N3O9/c1-17(2)26-29(37)33(32(19(4)35)22(27(36)30(38)39)13-20-11-9-8-10-12-20)23(16-31(26)18(3)34)21-14-24(40-5)28(42-7)25(15-21)41-6/h8-12,14-17,22,26-27,36H,13H2,1-7H3,(H,38,39)/t22-,26?,27?/m0/s1. The van der Waals surface area contributed by atoms with Gasteiger partial charge in [0.1, 0.15) is 6.04 Å². The molecule has 0 aromatic heterocycles. The average molecular weight is 584 g/mol. The van der Waals surface area contributed by atoms with E-state index in [0.29, 0.717) is 11.1 Å². The maximum Gasteiger partial charge on any atom is 0.334 e. The second-order valence-corrected chi connectivity index (χ2v) is 10.1. The number of benzene rings is 2. The third-order valence-corrected chi connectivity index (χ3v) is 6.96. The van der Waals surface area contributed by atoms with Crippen LogP contribution in [0.5, 0.6) is 17.2 Å². The fourth-order valence-electron chi connectivity index (χ4n) is 5.05. The van der Waals surface area contributed by atoms with Gasteiger partial charge in [0.25, 0.3) is 5.91 Å². The van der Waals surface area contributed by atoms with E-state index in [1.165, 1.54) is 46.3 Å². The summed E-state index contributed by atoms with van der Waals surface area (Å²) in [5, 5.41) is 22.8. The van der Waals surface area contributed by atoms with Gasteiger partial charge in [-0.15, -0.1) is 0 Å². The highest BCUT2D eigenvalue weighted by molar-refractivity contribution is 5.98. The van der Waals surface area contributed by atoms with Crippen molar-refractivity contribution < 1.29 is 43.6 Å². The van der Waals surface area contributed by atoms with Crippen molar-refractivity contribution >= 4 is 29.4 Å². The lowest BCUT2D eigenvalue weighted by atomic mass is 9.96. The lowest BCUT2D eigenvalue weighted by molar-refractivity contribution is -0.175. The molecule has 3 atom stereocenters. The van der Waals surface area contributed by atoms with Gasteiger partial charge in [-0.2, -0.15) is 0 Å². The minimum Gasteiger partial charge on any atom is -0.493 e. The van der Waals surface area contributed by atoms with Gasteiger partial charge in [-0.3, -0.25) is 14.4 Å². The predicted octanol–water partition coefficient (Wildman–Crippen LogP) is 2.55. The van der Waals surface area contributed by atoms with E-state index in [4.69, 9.17) is 14.2 Å². The highest BCUT2D eigenvalue weighted by Gasteiger charge is 2.47. The summed E-state index contributed by atoms with van der Waals surface area (Å²) in [6, 6.07) is 9.35. The van der Waals surface area contributed by atoms with Crippen LogP contribution < -0.4 is 14.2 Å². The fourth-order valence-corrected chi connectivity index (χ4v) is 5.05. The molecule has 0 bridgehead atoms. The third kappa shape index (κ3) is 6.33. The highest BCUT2D eigenvalue weighted by atomic mass is 16.5. The molecule has 1 aliphatic heterocycles. The van der Waals surface area contributed by atoms with Gasteiger partial charge in [-0.25, -0.2) is 14.8 Å². The van der Waals surface area contributed by atoms with Crippen LogP contribution >= 0.6 is 0 Å². The molecule has 42 heavy (non-hydrogen) atoms. The number of aliphatic hydroxyl groups is 1. The molecule has 12 nitrogen and oxygen atoms in total. The predicted molar refractivity (Wildman–Crippen MR) is 152 cm³/mol. The van der Waals surface area contributed by atoms with E-state index >= 15 is 0 Å². The number of carbonyl (C=O) groups is 4. The molecule has 3 rings (SSSR count). The molecule has 2 aromatic rings. The Morgan fingerprint density at radius 2 is 1.55 bits per heavy atom. The van der Waals surface area contributed by atoms with Crippen LogP contribution in [0, 0.1) is 5.92 Å². The molecular weight excluding hydrogens is 546 g/mol. The molecule has 0 radical (unpaired) electrons. The van der Waals surface area contributed by atoms with Crippen molar-refractivity contribution in [3.8, 4) is 17.2 Å². The lowest BCUT2D eigenvalue weighted by Crippen LogP contribution is -2.64. The first-order valence-electron chi connectivity index (χ1n) is 13.3. The summed E-state index contributed by atoms with van der Waals surface area (Å²) in [4.78, 5) is 54.0. The Kier molecular flexibility index (Phi) is 10.2.